The number of anilines is 2. The summed E-state index contributed by atoms with van der Waals surface area (Å²) in [4.78, 5) is 17.1. The van der Waals surface area contributed by atoms with E-state index >= 15 is 0 Å². The van der Waals surface area contributed by atoms with Crippen LogP contribution in [0.5, 0.6) is 5.75 Å². The summed E-state index contributed by atoms with van der Waals surface area (Å²) in [5.41, 5.74) is 2.08. The Morgan fingerprint density at radius 2 is 1.71 bits per heavy atom. The fourth-order valence-corrected chi connectivity index (χ4v) is 3.46. The number of hydrogen-bond donors (Lipinski definition) is 1. The van der Waals surface area contributed by atoms with Crippen LogP contribution >= 0.6 is 0 Å². The van der Waals surface area contributed by atoms with E-state index in [1.54, 1.807) is 0 Å². The van der Waals surface area contributed by atoms with Crippen LogP contribution in [-0.4, -0.2) is 50.1 Å². The van der Waals surface area contributed by atoms with Gasteiger partial charge in [0.25, 0.3) is 0 Å². The van der Waals surface area contributed by atoms with E-state index in [-0.39, 0.29) is 5.91 Å². The maximum Gasteiger partial charge on any atom is 0.224 e. The topological polar surface area (TPSA) is 44.8 Å². The lowest BCUT2D eigenvalue weighted by molar-refractivity contribution is -0.116. The number of benzene rings is 2. The molecular weight excluding hydrogens is 350 g/mol. The highest BCUT2D eigenvalue weighted by atomic mass is 16.5. The summed E-state index contributed by atoms with van der Waals surface area (Å²) < 4.78 is 5.62. The normalized spacial score (nSPS) is 14.7. The standard InChI is InChI=1S/C23H31N3O2/c1-2-14-25-15-17-26(18-16-25)21-12-10-20(11-13-21)24-23(27)9-6-19-28-22-7-4-3-5-8-22/h3-5,7-8,10-13H,2,6,9,14-19H2,1H3,(H,24,27). The predicted octanol–water partition coefficient (Wildman–Crippen LogP) is 4.02. The van der Waals surface area contributed by atoms with E-state index in [0.717, 1.165) is 37.6 Å². The van der Waals surface area contributed by atoms with E-state index < -0.39 is 0 Å². The Balaban J connectivity index is 1.37. The smallest absolute Gasteiger partial charge is 0.224 e. The van der Waals surface area contributed by atoms with Crippen molar-refractivity contribution in [2.24, 2.45) is 0 Å². The fourth-order valence-electron chi connectivity index (χ4n) is 3.46. The summed E-state index contributed by atoms with van der Waals surface area (Å²) >= 11 is 0. The molecule has 2 aromatic rings. The van der Waals surface area contributed by atoms with Crippen molar-refractivity contribution in [3.05, 3.63) is 54.6 Å². The lowest BCUT2D eigenvalue weighted by atomic mass is 10.2. The molecule has 5 nitrogen and oxygen atoms in total. The van der Waals surface area contributed by atoms with Crippen molar-refractivity contribution in [1.82, 2.24) is 4.90 Å². The lowest BCUT2D eigenvalue weighted by Gasteiger charge is -2.36. The van der Waals surface area contributed by atoms with E-state index in [2.05, 4.69) is 34.2 Å². The van der Waals surface area contributed by atoms with E-state index in [4.69, 9.17) is 4.74 Å². The molecule has 1 heterocycles. The number of ether oxygens (including phenoxy) is 1. The Morgan fingerprint density at radius 1 is 1.00 bits per heavy atom. The quantitative estimate of drug-likeness (QED) is 0.667. The summed E-state index contributed by atoms with van der Waals surface area (Å²) in [6.45, 7) is 8.33. The minimum atomic E-state index is 0.0255. The molecule has 0 atom stereocenters. The minimum Gasteiger partial charge on any atom is -0.494 e. The maximum atomic E-state index is 12.1. The number of nitrogens with zero attached hydrogens (tertiary/aromatic N) is 2. The predicted molar refractivity (Wildman–Crippen MR) is 115 cm³/mol. The Kier molecular flexibility index (Phi) is 7.73. The molecule has 0 aromatic heterocycles. The van der Waals surface area contributed by atoms with Crippen molar-refractivity contribution in [2.45, 2.75) is 26.2 Å². The molecule has 1 N–H and O–H groups in total. The zero-order valence-corrected chi connectivity index (χ0v) is 16.8. The van der Waals surface area contributed by atoms with Gasteiger partial charge >= 0.3 is 0 Å². The summed E-state index contributed by atoms with van der Waals surface area (Å²) in [5.74, 6) is 0.867. The van der Waals surface area contributed by atoms with Crippen molar-refractivity contribution in [1.29, 1.82) is 0 Å². The Bertz CT molecular complexity index is 710. The molecule has 28 heavy (non-hydrogen) atoms. The van der Waals surface area contributed by atoms with E-state index in [0.29, 0.717) is 19.4 Å². The van der Waals surface area contributed by atoms with E-state index in [9.17, 15) is 4.79 Å². The van der Waals surface area contributed by atoms with Gasteiger partial charge in [0.2, 0.25) is 5.91 Å². The number of hydrogen-bond acceptors (Lipinski definition) is 4. The molecular formula is C23H31N3O2. The molecule has 5 heteroatoms. The van der Waals surface area contributed by atoms with Crippen LogP contribution in [0.25, 0.3) is 0 Å². The third-order valence-electron chi connectivity index (χ3n) is 4.99. The second-order valence-corrected chi connectivity index (χ2v) is 7.19. The van der Waals surface area contributed by atoms with Crippen LogP contribution < -0.4 is 15.0 Å². The first kappa shape index (κ1) is 20.2. The molecule has 3 rings (SSSR count). The lowest BCUT2D eigenvalue weighted by Crippen LogP contribution is -2.46. The summed E-state index contributed by atoms with van der Waals surface area (Å²) in [6, 6.07) is 17.9. The zero-order chi connectivity index (χ0) is 19.6. The average Bonchev–Trinajstić information content (AvgIpc) is 2.73. The molecule has 1 aliphatic heterocycles. The Hall–Kier alpha value is -2.53. The Morgan fingerprint density at radius 3 is 2.39 bits per heavy atom. The highest BCUT2D eigenvalue weighted by molar-refractivity contribution is 5.90. The minimum absolute atomic E-state index is 0.0255. The molecule has 0 unspecified atom stereocenters. The molecule has 0 aliphatic carbocycles. The number of carbonyl (C=O) groups is 1. The second kappa shape index (κ2) is 10.7. The van der Waals surface area contributed by atoms with Gasteiger partial charge in [-0.1, -0.05) is 25.1 Å². The monoisotopic (exact) mass is 381 g/mol. The number of para-hydroxylation sites is 1. The van der Waals surface area contributed by atoms with E-state index in [1.165, 1.54) is 18.7 Å². The highest BCUT2D eigenvalue weighted by Gasteiger charge is 2.16. The SMILES string of the molecule is CCCN1CCN(c2ccc(NC(=O)CCCOc3ccccc3)cc2)CC1. The van der Waals surface area contributed by atoms with Crippen LogP contribution in [0.1, 0.15) is 26.2 Å². The van der Waals surface area contributed by atoms with E-state index in [1.807, 2.05) is 42.5 Å². The maximum absolute atomic E-state index is 12.1. The van der Waals surface area contributed by atoms with Gasteiger partial charge in [0.15, 0.2) is 0 Å². The summed E-state index contributed by atoms with van der Waals surface area (Å²) in [5, 5.41) is 2.97. The molecule has 1 aliphatic rings. The van der Waals surface area contributed by atoms with Gasteiger partial charge in [0.05, 0.1) is 6.61 Å². The summed E-state index contributed by atoms with van der Waals surface area (Å²) in [6.07, 6.45) is 2.36. The van der Waals surface area contributed by atoms with Crippen molar-refractivity contribution in [2.75, 3.05) is 49.5 Å². The van der Waals surface area contributed by atoms with Gasteiger partial charge in [-0.3, -0.25) is 9.69 Å². The average molecular weight is 382 g/mol. The van der Waals surface area contributed by atoms with Crippen LogP contribution in [0, 0.1) is 0 Å². The molecule has 150 valence electrons. The highest BCUT2D eigenvalue weighted by Crippen LogP contribution is 2.20. The number of amides is 1. The van der Waals surface area contributed by atoms with Crippen molar-refractivity contribution in [3.63, 3.8) is 0 Å². The fraction of sp³-hybridized carbons (Fsp3) is 0.435. The summed E-state index contributed by atoms with van der Waals surface area (Å²) in [7, 11) is 0. The van der Waals surface area contributed by atoms with Crippen LogP contribution in [-0.2, 0) is 4.79 Å². The molecule has 0 radical (unpaired) electrons. The van der Waals surface area contributed by atoms with Crippen molar-refractivity contribution >= 4 is 17.3 Å². The zero-order valence-electron chi connectivity index (χ0n) is 16.8. The molecule has 1 fully saturated rings. The first-order valence-corrected chi connectivity index (χ1v) is 10.3. The van der Waals surface area contributed by atoms with Crippen LogP contribution in [0.15, 0.2) is 54.6 Å². The van der Waals surface area contributed by atoms with Crippen LogP contribution in [0.4, 0.5) is 11.4 Å². The molecule has 0 saturated carbocycles. The van der Waals surface area contributed by atoms with Gasteiger partial charge in [-0.05, 0) is 55.8 Å². The van der Waals surface area contributed by atoms with Gasteiger partial charge in [0, 0.05) is 44.0 Å². The first-order valence-electron chi connectivity index (χ1n) is 10.3. The van der Waals surface area contributed by atoms with Gasteiger partial charge in [0.1, 0.15) is 5.75 Å². The number of carbonyl (C=O) groups excluding carboxylic acids is 1. The number of nitrogens with one attached hydrogen (secondary N) is 1. The van der Waals surface area contributed by atoms with Crippen molar-refractivity contribution in [3.8, 4) is 5.75 Å². The largest absolute Gasteiger partial charge is 0.494 e. The van der Waals surface area contributed by atoms with Crippen LogP contribution in [0.3, 0.4) is 0 Å². The second-order valence-electron chi connectivity index (χ2n) is 7.19. The first-order chi connectivity index (χ1) is 13.7. The Labute approximate surface area is 168 Å². The van der Waals surface area contributed by atoms with Crippen LogP contribution in [0.2, 0.25) is 0 Å². The van der Waals surface area contributed by atoms with Gasteiger partial charge < -0.3 is 15.0 Å². The molecule has 1 amide bonds. The van der Waals surface area contributed by atoms with Crippen molar-refractivity contribution < 1.29 is 9.53 Å². The molecule has 0 spiro atoms. The third kappa shape index (κ3) is 6.27. The number of rotatable bonds is 9. The molecule has 0 bridgehead atoms. The number of piperazine rings is 1. The van der Waals surface area contributed by atoms with Gasteiger partial charge in [-0.2, -0.15) is 0 Å². The molecule has 1 saturated heterocycles. The molecule has 2 aromatic carbocycles. The third-order valence-corrected chi connectivity index (χ3v) is 4.99. The van der Waals surface area contributed by atoms with Gasteiger partial charge in [-0.25, -0.2) is 0 Å². The van der Waals surface area contributed by atoms with Gasteiger partial charge in [-0.15, -0.1) is 0 Å².